The standard InChI is InChI=1S/C41H81N2/c1-4-7-10-13-16-19-21-23-26-29-32-35-38-43-40-39-42(37-34-31-28-25-22-20-17-14-11-8-5-2)41(43)36-33-30-27-24-18-15-12-9-6-3/h39-40H,4-38H2,1-3H3/q+1. The lowest BCUT2D eigenvalue weighted by Gasteiger charge is -2.07. The number of aryl methyl sites for hydroxylation is 2. The Morgan fingerprint density at radius 1 is 0.395 bits per heavy atom. The van der Waals surface area contributed by atoms with Crippen molar-refractivity contribution in [3.05, 3.63) is 18.2 Å². The Morgan fingerprint density at radius 2 is 0.721 bits per heavy atom. The summed E-state index contributed by atoms with van der Waals surface area (Å²) in [5.41, 5.74) is 0. The molecular weight excluding hydrogens is 520 g/mol. The monoisotopic (exact) mass is 602 g/mol. The van der Waals surface area contributed by atoms with Gasteiger partial charge in [0.15, 0.2) is 0 Å². The molecule has 0 amide bonds. The molecule has 0 aliphatic heterocycles. The highest BCUT2D eigenvalue weighted by Crippen LogP contribution is 2.15. The molecule has 0 atom stereocenters. The van der Waals surface area contributed by atoms with E-state index in [9.17, 15) is 0 Å². The molecule has 43 heavy (non-hydrogen) atoms. The van der Waals surface area contributed by atoms with Gasteiger partial charge in [0.25, 0.3) is 5.82 Å². The molecule has 0 fully saturated rings. The van der Waals surface area contributed by atoms with Gasteiger partial charge < -0.3 is 0 Å². The number of hydrogen-bond donors (Lipinski definition) is 0. The van der Waals surface area contributed by atoms with Crippen molar-refractivity contribution in [3.63, 3.8) is 0 Å². The Labute approximate surface area is 272 Å². The smallest absolute Gasteiger partial charge is 0.234 e. The minimum absolute atomic E-state index is 1.23. The number of imidazole rings is 1. The molecule has 1 aromatic rings. The van der Waals surface area contributed by atoms with Crippen LogP contribution in [0, 0.1) is 0 Å². The zero-order valence-corrected chi connectivity index (χ0v) is 30.3. The average Bonchev–Trinajstić information content (AvgIpc) is 3.40. The van der Waals surface area contributed by atoms with Crippen molar-refractivity contribution in [2.24, 2.45) is 0 Å². The predicted octanol–water partition coefficient (Wildman–Crippen LogP) is 13.9. The largest absolute Gasteiger partial charge is 0.256 e. The van der Waals surface area contributed by atoms with Crippen LogP contribution in [0.1, 0.15) is 232 Å². The van der Waals surface area contributed by atoms with E-state index in [1.54, 1.807) is 5.82 Å². The van der Waals surface area contributed by atoms with Gasteiger partial charge in [-0.1, -0.05) is 194 Å². The maximum Gasteiger partial charge on any atom is 0.256 e. The van der Waals surface area contributed by atoms with Gasteiger partial charge in [0.2, 0.25) is 0 Å². The molecule has 254 valence electrons. The molecule has 0 aliphatic carbocycles. The van der Waals surface area contributed by atoms with E-state index in [-0.39, 0.29) is 0 Å². The third-order valence-corrected chi connectivity index (χ3v) is 9.85. The molecule has 1 rings (SSSR count). The van der Waals surface area contributed by atoms with Crippen LogP contribution in [-0.2, 0) is 19.5 Å². The second-order valence-electron chi connectivity index (χ2n) is 14.1. The summed E-state index contributed by atoms with van der Waals surface area (Å²) in [5.74, 6) is 1.62. The van der Waals surface area contributed by atoms with Gasteiger partial charge in [-0.2, -0.15) is 0 Å². The zero-order valence-electron chi connectivity index (χ0n) is 30.3. The number of nitrogens with zero attached hydrogens (tertiary/aromatic N) is 2. The Bertz CT molecular complexity index is 663. The zero-order chi connectivity index (χ0) is 30.9. The Morgan fingerprint density at radius 3 is 1.12 bits per heavy atom. The summed E-state index contributed by atoms with van der Waals surface area (Å²) in [6, 6.07) is 0. The van der Waals surface area contributed by atoms with Gasteiger partial charge in [-0.15, -0.1) is 0 Å². The average molecular weight is 602 g/mol. The minimum Gasteiger partial charge on any atom is -0.234 e. The van der Waals surface area contributed by atoms with E-state index in [2.05, 4.69) is 42.3 Å². The first-order valence-electron chi connectivity index (χ1n) is 20.4. The maximum atomic E-state index is 2.64. The molecule has 0 N–H and O–H groups in total. The molecule has 0 unspecified atom stereocenters. The van der Waals surface area contributed by atoms with Crippen molar-refractivity contribution in [1.29, 1.82) is 0 Å². The number of hydrogen-bond acceptors (Lipinski definition) is 0. The summed E-state index contributed by atoms with van der Waals surface area (Å²) in [5, 5.41) is 0. The van der Waals surface area contributed by atoms with E-state index >= 15 is 0 Å². The quantitative estimate of drug-likeness (QED) is 0.0540. The van der Waals surface area contributed by atoms with E-state index in [4.69, 9.17) is 0 Å². The van der Waals surface area contributed by atoms with Gasteiger partial charge >= 0.3 is 0 Å². The molecule has 0 aliphatic rings. The van der Waals surface area contributed by atoms with Gasteiger partial charge in [-0.05, 0) is 32.1 Å². The molecule has 2 nitrogen and oxygen atoms in total. The lowest BCUT2D eigenvalue weighted by atomic mass is 10.1. The number of rotatable bonds is 35. The summed E-state index contributed by atoms with van der Waals surface area (Å²) in [7, 11) is 0. The lowest BCUT2D eigenvalue weighted by molar-refractivity contribution is -0.704. The van der Waals surface area contributed by atoms with Gasteiger partial charge in [-0.25, -0.2) is 9.13 Å². The van der Waals surface area contributed by atoms with Crippen LogP contribution in [0.3, 0.4) is 0 Å². The molecule has 0 radical (unpaired) electrons. The van der Waals surface area contributed by atoms with Crippen molar-refractivity contribution in [1.82, 2.24) is 4.57 Å². The minimum atomic E-state index is 1.23. The molecule has 1 aromatic heterocycles. The fraction of sp³-hybridized carbons (Fsp3) is 0.927. The first kappa shape index (κ1) is 40.2. The SMILES string of the molecule is CCCCCCCCCCCCCCn1cc[n+](CCCCCCCCCCCCC)c1CCCCCCCCCCC. The summed E-state index contributed by atoms with van der Waals surface area (Å²) < 4.78 is 5.28. The van der Waals surface area contributed by atoms with Crippen LogP contribution in [-0.4, -0.2) is 4.57 Å². The molecule has 0 bridgehead atoms. The molecule has 0 spiro atoms. The summed E-state index contributed by atoms with van der Waals surface area (Å²) in [6.45, 7) is 9.41. The van der Waals surface area contributed by atoms with Crippen molar-refractivity contribution in [2.45, 2.75) is 246 Å². The number of aromatic nitrogens is 2. The first-order chi connectivity index (χ1) is 21.3. The highest BCUT2D eigenvalue weighted by molar-refractivity contribution is 4.84. The molecule has 0 aromatic carbocycles. The van der Waals surface area contributed by atoms with Crippen LogP contribution in [0.15, 0.2) is 12.4 Å². The fourth-order valence-electron chi connectivity index (χ4n) is 6.86. The van der Waals surface area contributed by atoms with E-state index < -0.39 is 0 Å². The topological polar surface area (TPSA) is 8.81 Å². The highest BCUT2D eigenvalue weighted by atomic mass is 15.1. The Balaban J connectivity index is 2.30. The third-order valence-electron chi connectivity index (χ3n) is 9.85. The summed E-state index contributed by atoms with van der Waals surface area (Å²) in [6.07, 6.45) is 51.9. The molecular formula is C41H81N2+. The second kappa shape index (κ2) is 32.6. The van der Waals surface area contributed by atoms with Gasteiger partial charge in [0.1, 0.15) is 12.4 Å². The highest BCUT2D eigenvalue weighted by Gasteiger charge is 2.16. The number of unbranched alkanes of at least 4 members (excludes halogenated alkanes) is 29. The third kappa shape index (κ3) is 25.1. The van der Waals surface area contributed by atoms with Crippen LogP contribution in [0.5, 0.6) is 0 Å². The molecule has 0 saturated carbocycles. The van der Waals surface area contributed by atoms with Crippen LogP contribution in [0.2, 0.25) is 0 Å². The summed E-state index contributed by atoms with van der Waals surface area (Å²) in [4.78, 5) is 0. The second-order valence-corrected chi connectivity index (χ2v) is 14.1. The van der Waals surface area contributed by atoms with Crippen molar-refractivity contribution >= 4 is 0 Å². The van der Waals surface area contributed by atoms with Crippen LogP contribution in [0.4, 0.5) is 0 Å². The van der Waals surface area contributed by atoms with E-state index in [1.807, 2.05) is 0 Å². The van der Waals surface area contributed by atoms with E-state index in [0.29, 0.717) is 0 Å². The van der Waals surface area contributed by atoms with Crippen LogP contribution in [0.25, 0.3) is 0 Å². The van der Waals surface area contributed by atoms with Crippen molar-refractivity contribution in [2.75, 3.05) is 0 Å². The normalized spacial score (nSPS) is 11.6. The Hall–Kier alpha value is -0.790. The van der Waals surface area contributed by atoms with Crippen molar-refractivity contribution in [3.8, 4) is 0 Å². The first-order valence-corrected chi connectivity index (χ1v) is 20.4. The maximum absolute atomic E-state index is 2.64. The predicted molar refractivity (Wildman–Crippen MR) is 193 cm³/mol. The van der Waals surface area contributed by atoms with E-state index in [1.165, 1.54) is 225 Å². The molecule has 0 saturated heterocycles. The van der Waals surface area contributed by atoms with Crippen molar-refractivity contribution < 1.29 is 4.57 Å². The van der Waals surface area contributed by atoms with Gasteiger partial charge in [0, 0.05) is 6.42 Å². The summed E-state index contributed by atoms with van der Waals surface area (Å²) >= 11 is 0. The van der Waals surface area contributed by atoms with Gasteiger partial charge in [-0.3, -0.25) is 0 Å². The van der Waals surface area contributed by atoms with Crippen LogP contribution < -0.4 is 4.57 Å². The molecule has 2 heteroatoms. The Kier molecular flexibility index (Phi) is 30.5. The van der Waals surface area contributed by atoms with Crippen LogP contribution >= 0.6 is 0 Å². The van der Waals surface area contributed by atoms with E-state index in [0.717, 1.165) is 0 Å². The fourth-order valence-corrected chi connectivity index (χ4v) is 6.86. The molecule has 1 heterocycles. The van der Waals surface area contributed by atoms with Gasteiger partial charge in [0.05, 0.1) is 13.1 Å². The lowest BCUT2D eigenvalue weighted by Crippen LogP contribution is -2.37.